The van der Waals surface area contributed by atoms with Gasteiger partial charge < -0.3 is 5.73 Å². The van der Waals surface area contributed by atoms with Crippen molar-refractivity contribution in [2.24, 2.45) is 5.73 Å². The van der Waals surface area contributed by atoms with E-state index in [0.717, 1.165) is 5.56 Å². The molecule has 108 valence electrons. The molecule has 0 aliphatic carbocycles. The Bertz CT molecular complexity index is 503. The van der Waals surface area contributed by atoms with E-state index in [2.05, 4.69) is 0 Å². The van der Waals surface area contributed by atoms with Gasteiger partial charge in [-0.05, 0) is 51.3 Å². The van der Waals surface area contributed by atoms with Crippen LogP contribution in [0.1, 0.15) is 32.8 Å². The Morgan fingerprint density at radius 1 is 1.21 bits per heavy atom. The Morgan fingerprint density at radius 2 is 1.74 bits per heavy atom. The fourth-order valence-electron chi connectivity index (χ4n) is 1.64. The predicted octanol–water partition coefficient (Wildman–Crippen LogP) is 2.81. The average Bonchev–Trinajstić information content (AvgIpc) is 2.28. The fraction of sp³-hybridized carbons (Fsp3) is 0.571. The summed E-state index contributed by atoms with van der Waals surface area (Å²) in [6.45, 7) is 5.15. The van der Waals surface area contributed by atoms with E-state index >= 15 is 0 Å². The first kappa shape index (κ1) is 16.5. The van der Waals surface area contributed by atoms with Crippen molar-refractivity contribution in [2.75, 3.05) is 5.75 Å². The second kappa shape index (κ2) is 6.25. The molecule has 0 aliphatic heterocycles. The Hall–Kier alpha value is -0.580. The van der Waals surface area contributed by atoms with Gasteiger partial charge in [-0.2, -0.15) is 0 Å². The molecule has 3 nitrogen and oxygen atoms in total. The summed E-state index contributed by atoms with van der Waals surface area (Å²) in [7, 11) is -3.09. The molecule has 0 heterocycles. The smallest absolute Gasteiger partial charge is 0.155 e. The molecule has 0 aliphatic rings. The zero-order chi connectivity index (χ0) is 14.7. The quantitative estimate of drug-likeness (QED) is 0.910. The first-order valence-electron chi connectivity index (χ1n) is 6.34. The minimum Gasteiger partial charge on any atom is -0.327 e. The summed E-state index contributed by atoms with van der Waals surface area (Å²) in [5, 5.41) is 0.688. The Labute approximate surface area is 121 Å². The second-order valence-electron chi connectivity index (χ2n) is 5.81. The standard InChI is InChI=1S/C14H22ClNO2S/c1-14(2,3)19(17,18)9-8-13(16)10-11-4-6-12(15)7-5-11/h4-7,13H,8-10,16H2,1-3H3. The maximum atomic E-state index is 12.0. The van der Waals surface area contributed by atoms with Crippen molar-refractivity contribution in [3.63, 3.8) is 0 Å². The van der Waals surface area contributed by atoms with Gasteiger partial charge in [0, 0.05) is 11.1 Å². The van der Waals surface area contributed by atoms with Gasteiger partial charge >= 0.3 is 0 Å². The normalized spacial score (nSPS) is 14.4. The first-order chi connectivity index (χ1) is 8.62. The van der Waals surface area contributed by atoms with Crippen molar-refractivity contribution in [3.8, 4) is 0 Å². The summed E-state index contributed by atoms with van der Waals surface area (Å²) in [4.78, 5) is 0. The van der Waals surface area contributed by atoms with Gasteiger partial charge in [0.25, 0.3) is 0 Å². The summed E-state index contributed by atoms with van der Waals surface area (Å²) in [5.74, 6) is 0.130. The van der Waals surface area contributed by atoms with Gasteiger partial charge in [0.05, 0.1) is 10.5 Å². The van der Waals surface area contributed by atoms with Crippen LogP contribution in [-0.2, 0) is 16.3 Å². The topological polar surface area (TPSA) is 60.2 Å². The Kier molecular flexibility index (Phi) is 5.42. The highest BCUT2D eigenvalue weighted by atomic mass is 35.5. The number of benzene rings is 1. The van der Waals surface area contributed by atoms with Crippen LogP contribution in [0.5, 0.6) is 0 Å². The summed E-state index contributed by atoms with van der Waals surface area (Å²) in [5.41, 5.74) is 7.07. The molecule has 0 saturated heterocycles. The van der Waals surface area contributed by atoms with E-state index in [4.69, 9.17) is 17.3 Å². The SMILES string of the molecule is CC(C)(C)S(=O)(=O)CCC(N)Cc1ccc(Cl)cc1. The van der Waals surface area contributed by atoms with Gasteiger partial charge in [0.15, 0.2) is 9.84 Å². The highest BCUT2D eigenvalue weighted by Crippen LogP contribution is 2.18. The van der Waals surface area contributed by atoms with E-state index in [1.54, 1.807) is 20.8 Å². The van der Waals surface area contributed by atoms with E-state index in [1.165, 1.54) is 0 Å². The molecule has 1 aromatic carbocycles. The lowest BCUT2D eigenvalue weighted by Crippen LogP contribution is -2.34. The van der Waals surface area contributed by atoms with Crippen molar-refractivity contribution >= 4 is 21.4 Å². The molecule has 0 radical (unpaired) electrons. The molecule has 0 bridgehead atoms. The number of halogens is 1. The van der Waals surface area contributed by atoms with Crippen LogP contribution >= 0.6 is 11.6 Å². The fourth-order valence-corrected chi connectivity index (χ4v) is 2.99. The number of hydrogen-bond donors (Lipinski definition) is 1. The molecule has 1 unspecified atom stereocenters. The molecule has 0 spiro atoms. The Morgan fingerprint density at radius 3 is 2.21 bits per heavy atom. The molecule has 0 saturated carbocycles. The number of nitrogens with two attached hydrogens (primary N) is 1. The monoisotopic (exact) mass is 303 g/mol. The van der Waals surface area contributed by atoms with Crippen molar-refractivity contribution < 1.29 is 8.42 Å². The van der Waals surface area contributed by atoms with E-state index < -0.39 is 14.6 Å². The highest BCUT2D eigenvalue weighted by Gasteiger charge is 2.28. The van der Waals surface area contributed by atoms with Crippen LogP contribution in [0.25, 0.3) is 0 Å². The maximum Gasteiger partial charge on any atom is 0.155 e. The van der Waals surface area contributed by atoms with Crippen LogP contribution in [0.3, 0.4) is 0 Å². The molecule has 1 aromatic rings. The molecule has 5 heteroatoms. The summed E-state index contributed by atoms with van der Waals surface area (Å²) in [6, 6.07) is 7.31. The minimum atomic E-state index is -3.09. The highest BCUT2D eigenvalue weighted by molar-refractivity contribution is 7.92. The molecule has 1 atom stereocenters. The van der Waals surface area contributed by atoms with Crippen molar-refractivity contribution in [1.29, 1.82) is 0 Å². The lowest BCUT2D eigenvalue weighted by Gasteiger charge is -2.20. The maximum absolute atomic E-state index is 12.0. The zero-order valence-corrected chi connectivity index (χ0v) is 13.3. The molecular weight excluding hydrogens is 282 g/mol. The third-order valence-corrected chi connectivity index (χ3v) is 5.99. The van der Waals surface area contributed by atoms with Crippen LogP contribution in [0.2, 0.25) is 5.02 Å². The molecule has 2 N–H and O–H groups in total. The van der Waals surface area contributed by atoms with Crippen molar-refractivity contribution in [3.05, 3.63) is 34.9 Å². The number of sulfone groups is 1. The van der Waals surface area contributed by atoms with E-state index in [1.807, 2.05) is 24.3 Å². The van der Waals surface area contributed by atoms with Crippen molar-refractivity contribution in [2.45, 2.75) is 44.4 Å². The molecule has 1 rings (SSSR count). The van der Waals surface area contributed by atoms with Crippen LogP contribution < -0.4 is 5.73 Å². The number of hydrogen-bond acceptors (Lipinski definition) is 3. The predicted molar refractivity (Wildman–Crippen MR) is 81.3 cm³/mol. The molecule has 0 aromatic heterocycles. The van der Waals surface area contributed by atoms with Crippen LogP contribution in [0.4, 0.5) is 0 Å². The summed E-state index contributed by atoms with van der Waals surface area (Å²) in [6.07, 6.45) is 1.14. The molecule has 19 heavy (non-hydrogen) atoms. The third-order valence-electron chi connectivity index (χ3n) is 3.10. The third kappa shape index (κ3) is 5.13. The van der Waals surface area contributed by atoms with Gasteiger partial charge in [-0.15, -0.1) is 0 Å². The Balaban J connectivity index is 2.53. The lowest BCUT2D eigenvalue weighted by molar-refractivity contribution is 0.549. The van der Waals surface area contributed by atoms with E-state index in [9.17, 15) is 8.42 Å². The van der Waals surface area contributed by atoms with Crippen molar-refractivity contribution in [1.82, 2.24) is 0 Å². The minimum absolute atomic E-state index is 0.130. The van der Waals surface area contributed by atoms with Gasteiger partial charge in [0.1, 0.15) is 0 Å². The van der Waals surface area contributed by atoms with Gasteiger partial charge in [-0.25, -0.2) is 8.42 Å². The molecule has 0 amide bonds. The lowest BCUT2D eigenvalue weighted by atomic mass is 10.1. The van der Waals surface area contributed by atoms with Crippen LogP contribution in [0, 0.1) is 0 Å². The molecule has 0 fully saturated rings. The van der Waals surface area contributed by atoms with E-state index in [0.29, 0.717) is 17.9 Å². The average molecular weight is 304 g/mol. The number of rotatable bonds is 5. The van der Waals surface area contributed by atoms with Crippen LogP contribution in [0.15, 0.2) is 24.3 Å². The summed E-state index contributed by atoms with van der Waals surface area (Å²) >= 11 is 5.81. The van der Waals surface area contributed by atoms with Gasteiger partial charge in [0.2, 0.25) is 0 Å². The molecular formula is C14H22ClNO2S. The largest absolute Gasteiger partial charge is 0.327 e. The van der Waals surface area contributed by atoms with Gasteiger partial charge in [-0.3, -0.25) is 0 Å². The van der Waals surface area contributed by atoms with Gasteiger partial charge in [-0.1, -0.05) is 23.7 Å². The van der Waals surface area contributed by atoms with E-state index in [-0.39, 0.29) is 11.8 Å². The second-order valence-corrected chi connectivity index (χ2v) is 9.11. The first-order valence-corrected chi connectivity index (χ1v) is 8.37. The van der Waals surface area contributed by atoms with Crippen LogP contribution in [-0.4, -0.2) is 25.0 Å². The zero-order valence-electron chi connectivity index (χ0n) is 11.7. The summed E-state index contributed by atoms with van der Waals surface area (Å²) < 4.78 is 23.2.